The number of allylic oxidation sites excluding steroid dienone is 2. The fourth-order valence-electron chi connectivity index (χ4n) is 2.30. The number of nitrogens with one attached hydrogen (secondary N) is 2. The molecule has 2 aromatic carbocycles. The lowest BCUT2D eigenvalue weighted by Gasteiger charge is -2.02. The first-order valence-electron chi connectivity index (χ1n) is 8.09. The summed E-state index contributed by atoms with van der Waals surface area (Å²) in [5.74, 6) is -0.379. The second-order valence-electron chi connectivity index (χ2n) is 5.65. The summed E-state index contributed by atoms with van der Waals surface area (Å²) in [6, 6.07) is 16.6. The summed E-state index contributed by atoms with van der Waals surface area (Å²) in [4.78, 5) is 28.0. The number of rotatable bonds is 4. The van der Waals surface area contributed by atoms with E-state index in [4.69, 9.17) is 11.6 Å². The molecular formula is C20H16ClN3O2S. The Kier molecular flexibility index (Phi) is 6.11. The number of amides is 2. The molecule has 5 nitrogen and oxygen atoms in total. The molecule has 1 fully saturated rings. The predicted molar refractivity (Wildman–Crippen MR) is 112 cm³/mol. The topological polar surface area (TPSA) is 70.6 Å². The highest BCUT2D eigenvalue weighted by Crippen LogP contribution is 2.28. The van der Waals surface area contributed by atoms with E-state index in [1.165, 1.54) is 18.7 Å². The van der Waals surface area contributed by atoms with Crippen LogP contribution in [0.25, 0.3) is 6.08 Å². The first-order chi connectivity index (χ1) is 13.0. The average Bonchev–Trinajstić information content (AvgIpc) is 2.96. The van der Waals surface area contributed by atoms with Crippen molar-refractivity contribution in [2.24, 2.45) is 4.99 Å². The SMILES string of the molecule is CC(=O)Nc1ccc(N=C2NC(=O)/C(=C/C(Cl)=C/c3ccccc3)S2)cc1. The molecule has 27 heavy (non-hydrogen) atoms. The van der Waals surface area contributed by atoms with Crippen molar-refractivity contribution in [3.8, 4) is 0 Å². The van der Waals surface area contributed by atoms with Crippen molar-refractivity contribution in [1.82, 2.24) is 5.32 Å². The van der Waals surface area contributed by atoms with Crippen molar-refractivity contribution in [3.63, 3.8) is 0 Å². The lowest BCUT2D eigenvalue weighted by molar-refractivity contribution is -0.115. The maximum atomic E-state index is 12.1. The van der Waals surface area contributed by atoms with Crippen LogP contribution >= 0.6 is 23.4 Å². The highest BCUT2D eigenvalue weighted by molar-refractivity contribution is 8.18. The minimum absolute atomic E-state index is 0.136. The van der Waals surface area contributed by atoms with Gasteiger partial charge in [0.05, 0.1) is 10.6 Å². The molecule has 2 N–H and O–H groups in total. The normalized spacial score (nSPS) is 17.3. The highest BCUT2D eigenvalue weighted by Gasteiger charge is 2.23. The molecule has 0 unspecified atom stereocenters. The van der Waals surface area contributed by atoms with Crippen molar-refractivity contribution >= 4 is 57.8 Å². The number of benzene rings is 2. The van der Waals surface area contributed by atoms with Crippen LogP contribution in [0.4, 0.5) is 11.4 Å². The molecule has 0 spiro atoms. The van der Waals surface area contributed by atoms with Gasteiger partial charge < -0.3 is 10.6 Å². The van der Waals surface area contributed by atoms with Crippen LogP contribution < -0.4 is 10.6 Å². The Balaban J connectivity index is 1.72. The number of carbonyl (C=O) groups excluding carboxylic acids is 2. The molecule has 3 rings (SSSR count). The number of halogens is 1. The number of anilines is 1. The number of hydrogen-bond acceptors (Lipinski definition) is 4. The Morgan fingerprint density at radius 2 is 1.85 bits per heavy atom. The summed E-state index contributed by atoms with van der Waals surface area (Å²) in [7, 11) is 0. The molecule has 2 aromatic rings. The third-order valence-electron chi connectivity index (χ3n) is 3.44. The van der Waals surface area contributed by atoms with Crippen molar-refractivity contribution in [1.29, 1.82) is 0 Å². The zero-order chi connectivity index (χ0) is 19.2. The Labute approximate surface area is 166 Å². The van der Waals surface area contributed by atoms with Gasteiger partial charge >= 0.3 is 0 Å². The molecule has 136 valence electrons. The Morgan fingerprint density at radius 1 is 1.15 bits per heavy atom. The largest absolute Gasteiger partial charge is 0.326 e. The van der Waals surface area contributed by atoms with E-state index < -0.39 is 0 Å². The van der Waals surface area contributed by atoms with Gasteiger partial charge in [-0.2, -0.15) is 0 Å². The first-order valence-corrected chi connectivity index (χ1v) is 9.28. The fourth-order valence-corrected chi connectivity index (χ4v) is 3.43. The second kappa shape index (κ2) is 8.70. The number of amidine groups is 1. The molecule has 1 aliphatic rings. The molecular weight excluding hydrogens is 382 g/mol. The molecule has 0 atom stereocenters. The van der Waals surface area contributed by atoms with Crippen LogP contribution in [-0.4, -0.2) is 17.0 Å². The summed E-state index contributed by atoms with van der Waals surface area (Å²) >= 11 is 7.47. The van der Waals surface area contributed by atoms with Crippen LogP contribution in [0.15, 0.2) is 75.6 Å². The number of hydrogen-bond donors (Lipinski definition) is 2. The monoisotopic (exact) mass is 397 g/mol. The summed E-state index contributed by atoms with van der Waals surface area (Å²) in [6.45, 7) is 1.45. The van der Waals surface area contributed by atoms with Crippen molar-refractivity contribution in [3.05, 3.63) is 76.2 Å². The molecule has 7 heteroatoms. The Bertz CT molecular complexity index is 951. The lowest BCUT2D eigenvalue weighted by atomic mass is 10.2. The van der Waals surface area contributed by atoms with Crippen LogP contribution in [-0.2, 0) is 9.59 Å². The molecule has 1 heterocycles. The average molecular weight is 398 g/mol. The smallest absolute Gasteiger partial charge is 0.264 e. The van der Waals surface area contributed by atoms with E-state index in [9.17, 15) is 9.59 Å². The van der Waals surface area contributed by atoms with Crippen LogP contribution in [0.5, 0.6) is 0 Å². The van der Waals surface area contributed by atoms with Crippen LogP contribution in [0, 0.1) is 0 Å². The Hall–Kier alpha value is -2.83. The molecule has 0 aliphatic carbocycles. The number of carbonyl (C=O) groups is 2. The van der Waals surface area contributed by atoms with E-state index >= 15 is 0 Å². The maximum Gasteiger partial charge on any atom is 0.264 e. The maximum absolute atomic E-state index is 12.1. The van der Waals surface area contributed by atoms with E-state index in [0.29, 0.717) is 26.5 Å². The van der Waals surface area contributed by atoms with Gasteiger partial charge in [-0.25, -0.2) is 4.99 Å². The number of nitrogens with zero attached hydrogens (tertiary/aromatic N) is 1. The minimum atomic E-state index is -0.242. The predicted octanol–water partition coefficient (Wildman–Crippen LogP) is 4.66. The first kappa shape index (κ1) is 18.9. The summed E-state index contributed by atoms with van der Waals surface area (Å²) in [5, 5.41) is 6.34. The van der Waals surface area contributed by atoms with Gasteiger partial charge in [-0.15, -0.1) is 0 Å². The van der Waals surface area contributed by atoms with Gasteiger partial charge in [-0.05, 0) is 53.7 Å². The van der Waals surface area contributed by atoms with Crippen molar-refractivity contribution in [2.75, 3.05) is 5.32 Å². The quantitative estimate of drug-likeness (QED) is 0.737. The fraction of sp³-hybridized carbons (Fsp3) is 0.0500. The van der Waals surface area contributed by atoms with Gasteiger partial charge in [-0.1, -0.05) is 41.9 Å². The summed E-state index contributed by atoms with van der Waals surface area (Å²) in [6.07, 6.45) is 3.41. The standard InChI is InChI=1S/C20H16ClN3O2S/c1-13(25)22-16-7-9-17(10-8-16)23-20-24-19(26)18(27-20)12-15(21)11-14-5-3-2-4-6-14/h2-12H,1H3,(H,22,25)(H,23,24,26)/b15-11-,18-12-. The molecule has 0 saturated carbocycles. The summed E-state index contributed by atoms with van der Waals surface area (Å²) in [5.41, 5.74) is 2.31. The van der Waals surface area contributed by atoms with Gasteiger partial charge in [0.15, 0.2) is 5.17 Å². The van der Waals surface area contributed by atoms with E-state index in [1.54, 1.807) is 36.4 Å². The third kappa shape index (κ3) is 5.57. The third-order valence-corrected chi connectivity index (χ3v) is 4.57. The zero-order valence-corrected chi connectivity index (χ0v) is 16.0. The van der Waals surface area contributed by atoms with Gasteiger partial charge in [0.2, 0.25) is 5.91 Å². The molecule has 0 radical (unpaired) electrons. The van der Waals surface area contributed by atoms with E-state index in [2.05, 4.69) is 15.6 Å². The van der Waals surface area contributed by atoms with Crippen molar-refractivity contribution in [2.45, 2.75) is 6.92 Å². The molecule has 2 amide bonds. The van der Waals surface area contributed by atoms with Crippen LogP contribution in [0.3, 0.4) is 0 Å². The van der Waals surface area contributed by atoms with E-state index in [1.807, 2.05) is 30.3 Å². The van der Waals surface area contributed by atoms with Gasteiger partial charge in [0.1, 0.15) is 0 Å². The Morgan fingerprint density at radius 3 is 2.52 bits per heavy atom. The van der Waals surface area contributed by atoms with Crippen LogP contribution in [0.2, 0.25) is 0 Å². The number of aliphatic imine (C=N–C) groups is 1. The molecule has 0 bridgehead atoms. The van der Waals surface area contributed by atoms with Gasteiger partial charge in [-0.3, -0.25) is 9.59 Å². The molecule has 1 aliphatic heterocycles. The minimum Gasteiger partial charge on any atom is -0.326 e. The lowest BCUT2D eigenvalue weighted by Crippen LogP contribution is -2.19. The highest BCUT2D eigenvalue weighted by atomic mass is 35.5. The second-order valence-corrected chi connectivity index (χ2v) is 7.12. The van der Waals surface area contributed by atoms with E-state index in [0.717, 1.165) is 5.56 Å². The van der Waals surface area contributed by atoms with E-state index in [-0.39, 0.29) is 11.8 Å². The van der Waals surface area contributed by atoms with Gasteiger partial charge in [0.25, 0.3) is 5.91 Å². The molecule has 0 aromatic heterocycles. The molecule has 1 saturated heterocycles. The summed E-state index contributed by atoms with van der Waals surface area (Å²) < 4.78 is 0. The van der Waals surface area contributed by atoms with Crippen LogP contribution in [0.1, 0.15) is 12.5 Å². The van der Waals surface area contributed by atoms with Crippen molar-refractivity contribution < 1.29 is 9.59 Å². The van der Waals surface area contributed by atoms with Gasteiger partial charge in [0, 0.05) is 17.6 Å². The number of thioether (sulfide) groups is 1. The zero-order valence-electron chi connectivity index (χ0n) is 14.4.